The van der Waals surface area contributed by atoms with E-state index in [0.29, 0.717) is 5.56 Å². The summed E-state index contributed by atoms with van der Waals surface area (Å²) < 4.78 is 0. The van der Waals surface area contributed by atoms with Crippen molar-refractivity contribution in [2.75, 3.05) is 0 Å². The Hall–Kier alpha value is -2.69. The number of benzene rings is 1. The van der Waals surface area contributed by atoms with Crippen LogP contribution >= 0.6 is 0 Å². The van der Waals surface area contributed by atoms with Crippen LogP contribution in [-0.2, 0) is 9.59 Å². The van der Waals surface area contributed by atoms with Crippen molar-refractivity contribution in [2.24, 2.45) is 5.41 Å². The van der Waals surface area contributed by atoms with E-state index in [1.54, 1.807) is 30.3 Å². The highest BCUT2D eigenvalue weighted by Crippen LogP contribution is 2.32. The highest BCUT2D eigenvalue weighted by Gasteiger charge is 2.45. The Kier molecular flexibility index (Phi) is 3.52. The van der Waals surface area contributed by atoms with Crippen LogP contribution in [0.4, 0.5) is 0 Å². The lowest BCUT2D eigenvalue weighted by molar-refractivity contribution is -0.160. The van der Waals surface area contributed by atoms with Gasteiger partial charge in [-0.15, -0.1) is 0 Å². The number of carboxylic acids is 2. The summed E-state index contributed by atoms with van der Waals surface area (Å²) in [5.74, 6) is -3.35. The molecule has 0 atom stereocenters. The maximum Gasteiger partial charge on any atom is 0.325 e. The highest BCUT2D eigenvalue weighted by molar-refractivity contribution is 6.12. The minimum Gasteiger partial charge on any atom is -0.480 e. The third-order valence-electron chi connectivity index (χ3n) is 3.20. The second kappa shape index (κ2) is 5.13. The number of carbonyl (C=O) groups is 3. The van der Waals surface area contributed by atoms with Gasteiger partial charge in [0.05, 0.1) is 0 Å². The Labute approximate surface area is 114 Å². The maximum atomic E-state index is 12.2. The average molecular weight is 272 g/mol. The van der Waals surface area contributed by atoms with Gasteiger partial charge in [-0.25, -0.2) is 0 Å². The SMILES string of the molecule is O=C(C1=CC(C(=O)O)(C(=O)O)CC=C1)c1ccccc1. The molecule has 1 aromatic rings. The highest BCUT2D eigenvalue weighted by atomic mass is 16.4. The normalized spacial score (nSPS) is 16.3. The van der Waals surface area contributed by atoms with Crippen LogP contribution in [0.5, 0.6) is 0 Å². The molecule has 0 aromatic heterocycles. The molecule has 1 aromatic carbocycles. The molecular formula is C15H12O5. The van der Waals surface area contributed by atoms with E-state index in [2.05, 4.69) is 0 Å². The molecule has 0 amide bonds. The van der Waals surface area contributed by atoms with Crippen molar-refractivity contribution >= 4 is 17.7 Å². The van der Waals surface area contributed by atoms with Crippen molar-refractivity contribution in [3.63, 3.8) is 0 Å². The molecule has 5 nitrogen and oxygen atoms in total. The summed E-state index contributed by atoms with van der Waals surface area (Å²) in [7, 11) is 0. The van der Waals surface area contributed by atoms with Crippen LogP contribution in [0.1, 0.15) is 16.8 Å². The summed E-state index contributed by atoms with van der Waals surface area (Å²) in [4.78, 5) is 34.7. The summed E-state index contributed by atoms with van der Waals surface area (Å²) in [6, 6.07) is 8.30. The zero-order chi connectivity index (χ0) is 14.8. The first-order chi connectivity index (χ1) is 9.47. The van der Waals surface area contributed by atoms with E-state index >= 15 is 0 Å². The monoisotopic (exact) mass is 272 g/mol. The first-order valence-corrected chi connectivity index (χ1v) is 5.93. The molecule has 0 bridgehead atoms. The van der Waals surface area contributed by atoms with Crippen LogP contribution in [0.3, 0.4) is 0 Å². The third kappa shape index (κ3) is 2.25. The maximum absolute atomic E-state index is 12.2. The number of ketones is 1. The second-order valence-electron chi connectivity index (χ2n) is 4.48. The van der Waals surface area contributed by atoms with Gasteiger partial charge in [0.1, 0.15) is 0 Å². The standard InChI is InChI=1S/C15H12O5/c16-12(10-5-2-1-3-6-10)11-7-4-8-15(9-11,13(17)18)14(19)20/h1-7,9H,8H2,(H,17,18)(H,19,20). The fraction of sp³-hybridized carbons (Fsp3) is 0.133. The summed E-state index contributed by atoms with van der Waals surface area (Å²) in [5, 5.41) is 18.3. The molecule has 0 heterocycles. The van der Waals surface area contributed by atoms with Gasteiger partial charge in [-0.05, 0) is 12.5 Å². The van der Waals surface area contributed by atoms with Crippen molar-refractivity contribution in [1.82, 2.24) is 0 Å². The van der Waals surface area contributed by atoms with Crippen LogP contribution in [0, 0.1) is 5.41 Å². The van der Waals surface area contributed by atoms with Gasteiger partial charge in [-0.2, -0.15) is 0 Å². The Bertz CT molecular complexity index is 611. The van der Waals surface area contributed by atoms with Crippen LogP contribution in [0.25, 0.3) is 0 Å². The van der Waals surface area contributed by atoms with E-state index < -0.39 is 23.1 Å². The van der Waals surface area contributed by atoms with Gasteiger partial charge in [0.25, 0.3) is 0 Å². The lowest BCUT2D eigenvalue weighted by Gasteiger charge is -2.23. The Morgan fingerprint density at radius 1 is 1.00 bits per heavy atom. The third-order valence-corrected chi connectivity index (χ3v) is 3.20. The first-order valence-electron chi connectivity index (χ1n) is 5.93. The summed E-state index contributed by atoms with van der Waals surface area (Å²) in [5.41, 5.74) is -1.61. The van der Waals surface area contributed by atoms with E-state index in [4.69, 9.17) is 10.2 Å². The minimum absolute atomic E-state index is 0.0762. The molecule has 0 aliphatic heterocycles. The topological polar surface area (TPSA) is 91.7 Å². The van der Waals surface area contributed by atoms with Crippen molar-refractivity contribution in [1.29, 1.82) is 0 Å². The number of carboxylic acid groups (broad SMARTS) is 2. The summed E-state index contributed by atoms with van der Waals surface area (Å²) in [6.45, 7) is 0. The van der Waals surface area contributed by atoms with Gasteiger partial charge < -0.3 is 10.2 Å². The fourth-order valence-corrected chi connectivity index (χ4v) is 2.03. The largest absolute Gasteiger partial charge is 0.480 e. The van der Waals surface area contributed by atoms with Gasteiger partial charge in [0.2, 0.25) is 0 Å². The van der Waals surface area contributed by atoms with Crippen molar-refractivity contribution < 1.29 is 24.6 Å². The van der Waals surface area contributed by atoms with Crippen molar-refractivity contribution in [2.45, 2.75) is 6.42 Å². The van der Waals surface area contributed by atoms with E-state index in [-0.39, 0.29) is 12.0 Å². The van der Waals surface area contributed by atoms with E-state index in [0.717, 1.165) is 6.08 Å². The Balaban J connectivity index is 2.44. The Morgan fingerprint density at radius 2 is 1.60 bits per heavy atom. The average Bonchev–Trinajstić information content (AvgIpc) is 2.47. The molecule has 102 valence electrons. The molecular weight excluding hydrogens is 260 g/mol. The number of hydrogen-bond acceptors (Lipinski definition) is 3. The number of hydrogen-bond donors (Lipinski definition) is 2. The molecule has 1 aliphatic rings. The lowest BCUT2D eigenvalue weighted by Crippen LogP contribution is -2.38. The van der Waals surface area contributed by atoms with Gasteiger partial charge in [0.15, 0.2) is 11.2 Å². The second-order valence-corrected chi connectivity index (χ2v) is 4.48. The fourth-order valence-electron chi connectivity index (χ4n) is 2.03. The number of Topliss-reactive ketones (excluding diaryl/α,β-unsaturated/α-hetero) is 1. The molecule has 2 rings (SSSR count). The molecule has 5 heteroatoms. The smallest absolute Gasteiger partial charge is 0.325 e. The lowest BCUT2D eigenvalue weighted by atomic mass is 9.78. The number of allylic oxidation sites excluding steroid dienone is 3. The van der Waals surface area contributed by atoms with Gasteiger partial charge in [-0.3, -0.25) is 14.4 Å². The zero-order valence-electron chi connectivity index (χ0n) is 10.4. The number of carbonyl (C=O) groups excluding carboxylic acids is 1. The molecule has 2 N–H and O–H groups in total. The van der Waals surface area contributed by atoms with Crippen molar-refractivity contribution in [3.8, 4) is 0 Å². The molecule has 1 aliphatic carbocycles. The van der Waals surface area contributed by atoms with Crippen molar-refractivity contribution in [3.05, 3.63) is 59.7 Å². The molecule has 0 saturated carbocycles. The van der Waals surface area contributed by atoms with E-state index in [1.165, 1.54) is 12.2 Å². The summed E-state index contributed by atoms with van der Waals surface area (Å²) >= 11 is 0. The first kappa shape index (κ1) is 13.7. The zero-order valence-corrected chi connectivity index (χ0v) is 10.4. The van der Waals surface area contributed by atoms with Gasteiger partial charge in [-0.1, -0.05) is 42.5 Å². The molecule has 0 radical (unpaired) electrons. The van der Waals surface area contributed by atoms with Gasteiger partial charge >= 0.3 is 11.9 Å². The Morgan fingerprint density at radius 3 is 2.15 bits per heavy atom. The minimum atomic E-state index is -2.07. The van der Waals surface area contributed by atoms with Crippen LogP contribution in [-0.4, -0.2) is 27.9 Å². The molecule has 0 fully saturated rings. The van der Waals surface area contributed by atoms with Crippen LogP contribution in [0.15, 0.2) is 54.1 Å². The van der Waals surface area contributed by atoms with E-state index in [9.17, 15) is 14.4 Å². The quantitative estimate of drug-likeness (QED) is 0.645. The van der Waals surface area contributed by atoms with Gasteiger partial charge in [0, 0.05) is 11.1 Å². The molecule has 0 spiro atoms. The summed E-state index contributed by atoms with van der Waals surface area (Å²) in [6.07, 6.45) is 3.70. The van der Waals surface area contributed by atoms with Crippen LogP contribution < -0.4 is 0 Å². The number of aliphatic carboxylic acids is 2. The molecule has 0 unspecified atom stereocenters. The predicted molar refractivity (Wildman–Crippen MR) is 70.3 cm³/mol. The van der Waals surface area contributed by atoms with Crippen LogP contribution in [0.2, 0.25) is 0 Å². The van der Waals surface area contributed by atoms with E-state index in [1.807, 2.05) is 0 Å². The number of rotatable bonds is 4. The molecule has 20 heavy (non-hydrogen) atoms. The molecule has 0 saturated heterocycles. The predicted octanol–water partition coefficient (Wildman–Crippen LogP) is 1.91.